The van der Waals surface area contributed by atoms with E-state index in [1.54, 1.807) is 6.07 Å². The third kappa shape index (κ3) is 2.77. The van der Waals surface area contributed by atoms with Crippen LogP contribution in [0.2, 0.25) is 0 Å². The van der Waals surface area contributed by atoms with Gasteiger partial charge in [0.05, 0.1) is 0 Å². The van der Waals surface area contributed by atoms with Crippen molar-refractivity contribution < 1.29 is 14.3 Å². The van der Waals surface area contributed by atoms with Crippen LogP contribution in [-0.2, 0) is 4.79 Å². The summed E-state index contributed by atoms with van der Waals surface area (Å²) in [7, 11) is 0. The van der Waals surface area contributed by atoms with E-state index in [1.165, 1.54) is 0 Å². The largest absolute Gasteiger partial charge is 0.485 e. The average molecular weight is 334 g/mol. The molecule has 0 aliphatic carbocycles. The van der Waals surface area contributed by atoms with Gasteiger partial charge in [0.1, 0.15) is 6.61 Å². The number of carbonyl (C=O) groups excluding carboxylic acids is 1. The molecule has 0 aromatic heterocycles. The maximum absolute atomic E-state index is 12.1. The molecule has 2 aromatic carbocycles. The summed E-state index contributed by atoms with van der Waals surface area (Å²) < 4.78 is 12.1. The van der Waals surface area contributed by atoms with E-state index in [4.69, 9.17) is 9.47 Å². The van der Waals surface area contributed by atoms with Crippen LogP contribution in [0.3, 0.4) is 0 Å². The summed E-state index contributed by atoms with van der Waals surface area (Å²) in [5.74, 6) is 1.04. The molecule has 102 valence electrons. The molecule has 0 fully saturated rings. The van der Waals surface area contributed by atoms with E-state index >= 15 is 0 Å². The molecule has 1 aliphatic heterocycles. The molecule has 0 spiro atoms. The second-order valence-corrected chi connectivity index (χ2v) is 5.28. The topological polar surface area (TPSA) is 47.6 Å². The first kappa shape index (κ1) is 13.0. The molecule has 0 unspecified atom stereocenters. The quantitative estimate of drug-likeness (QED) is 0.917. The summed E-state index contributed by atoms with van der Waals surface area (Å²) in [6, 6.07) is 14.7. The van der Waals surface area contributed by atoms with Crippen LogP contribution in [0.4, 0.5) is 5.69 Å². The van der Waals surface area contributed by atoms with Gasteiger partial charge in [-0.2, -0.15) is 0 Å². The Morgan fingerprint density at radius 1 is 1.10 bits per heavy atom. The maximum atomic E-state index is 12.1. The van der Waals surface area contributed by atoms with Crippen LogP contribution >= 0.6 is 15.9 Å². The second kappa shape index (κ2) is 5.54. The number of anilines is 1. The highest BCUT2D eigenvalue weighted by molar-refractivity contribution is 9.10. The van der Waals surface area contributed by atoms with Gasteiger partial charge in [-0.3, -0.25) is 4.79 Å². The Bertz CT molecular complexity index is 627. The van der Waals surface area contributed by atoms with Crippen molar-refractivity contribution >= 4 is 27.5 Å². The Morgan fingerprint density at radius 3 is 2.55 bits per heavy atom. The lowest BCUT2D eigenvalue weighted by Crippen LogP contribution is -2.40. The molecule has 0 saturated heterocycles. The number of hydrogen-bond donors (Lipinski definition) is 1. The van der Waals surface area contributed by atoms with E-state index in [0.29, 0.717) is 11.5 Å². The zero-order valence-corrected chi connectivity index (χ0v) is 12.1. The van der Waals surface area contributed by atoms with E-state index in [-0.39, 0.29) is 12.5 Å². The molecule has 3 rings (SSSR count). The van der Waals surface area contributed by atoms with Gasteiger partial charge in [0.15, 0.2) is 11.5 Å². The molecule has 0 bridgehead atoms. The molecule has 2 aromatic rings. The van der Waals surface area contributed by atoms with Crippen molar-refractivity contribution in [2.75, 3.05) is 11.9 Å². The SMILES string of the molecule is O=C(Nc1ccc(Br)cc1)[C@@H]1COc2ccccc2O1. The molecule has 1 N–H and O–H groups in total. The summed E-state index contributed by atoms with van der Waals surface area (Å²) in [5, 5.41) is 2.80. The van der Waals surface area contributed by atoms with Gasteiger partial charge in [-0.1, -0.05) is 28.1 Å². The zero-order valence-electron chi connectivity index (χ0n) is 10.5. The van der Waals surface area contributed by atoms with Crippen LogP contribution in [0.5, 0.6) is 11.5 Å². The van der Waals surface area contributed by atoms with Gasteiger partial charge in [0, 0.05) is 10.2 Å². The maximum Gasteiger partial charge on any atom is 0.269 e. The minimum Gasteiger partial charge on any atom is -0.485 e. The van der Waals surface area contributed by atoms with Gasteiger partial charge in [0.25, 0.3) is 5.91 Å². The number of fused-ring (bicyclic) bond motifs is 1. The Morgan fingerprint density at radius 2 is 1.80 bits per heavy atom. The van der Waals surface area contributed by atoms with E-state index < -0.39 is 6.10 Å². The fourth-order valence-electron chi connectivity index (χ4n) is 1.90. The van der Waals surface area contributed by atoms with Gasteiger partial charge in [-0.25, -0.2) is 0 Å². The molecule has 20 heavy (non-hydrogen) atoms. The van der Waals surface area contributed by atoms with Crippen molar-refractivity contribution in [3.05, 3.63) is 53.0 Å². The highest BCUT2D eigenvalue weighted by Crippen LogP contribution is 2.31. The van der Waals surface area contributed by atoms with Crippen LogP contribution in [0.1, 0.15) is 0 Å². The van der Waals surface area contributed by atoms with E-state index in [1.807, 2.05) is 42.5 Å². The fraction of sp³-hybridized carbons (Fsp3) is 0.133. The molecule has 4 nitrogen and oxygen atoms in total. The smallest absolute Gasteiger partial charge is 0.269 e. The Hall–Kier alpha value is -2.01. The Kier molecular flexibility index (Phi) is 3.60. The number of para-hydroxylation sites is 2. The van der Waals surface area contributed by atoms with E-state index in [0.717, 1.165) is 10.2 Å². The number of benzene rings is 2. The summed E-state index contributed by atoms with van der Waals surface area (Å²) in [5.41, 5.74) is 0.723. The van der Waals surface area contributed by atoms with E-state index in [2.05, 4.69) is 21.2 Å². The van der Waals surface area contributed by atoms with Gasteiger partial charge < -0.3 is 14.8 Å². The fourth-order valence-corrected chi connectivity index (χ4v) is 2.17. The average Bonchev–Trinajstić information content (AvgIpc) is 2.49. The number of ether oxygens (including phenoxy) is 2. The van der Waals surface area contributed by atoms with Crippen LogP contribution in [0.15, 0.2) is 53.0 Å². The summed E-state index contributed by atoms with van der Waals surface area (Å²) in [6.07, 6.45) is -0.645. The first-order valence-corrected chi connectivity index (χ1v) is 6.96. The van der Waals surface area contributed by atoms with Gasteiger partial charge >= 0.3 is 0 Å². The first-order valence-electron chi connectivity index (χ1n) is 6.17. The number of nitrogens with one attached hydrogen (secondary N) is 1. The van der Waals surface area contributed by atoms with Crippen molar-refractivity contribution in [3.8, 4) is 11.5 Å². The normalized spacial score (nSPS) is 16.6. The minimum absolute atomic E-state index is 0.208. The summed E-state index contributed by atoms with van der Waals surface area (Å²) >= 11 is 3.35. The third-order valence-corrected chi connectivity index (χ3v) is 3.44. The zero-order chi connectivity index (χ0) is 13.9. The Balaban J connectivity index is 1.68. The molecule has 1 amide bonds. The molecule has 0 radical (unpaired) electrons. The van der Waals surface area contributed by atoms with Crippen molar-refractivity contribution in [2.24, 2.45) is 0 Å². The highest BCUT2D eigenvalue weighted by atomic mass is 79.9. The first-order chi connectivity index (χ1) is 9.72. The van der Waals surface area contributed by atoms with Crippen LogP contribution in [0, 0.1) is 0 Å². The lowest BCUT2D eigenvalue weighted by atomic mass is 10.2. The molecule has 0 saturated carbocycles. The number of rotatable bonds is 2. The number of halogens is 1. The molecule has 1 atom stereocenters. The number of amides is 1. The van der Waals surface area contributed by atoms with E-state index in [9.17, 15) is 4.79 Å². The predicted octanol–water partition coefficient (Wildman–Crippen LogP) is 3.23. The lowest BCUT2D eigenvalue weighted by molar-refractivity contribution is -0.125. The van der Waals surface area contributed by atoms with Crippen molar-refractivity contribution in [1.29, 1.82) is 0 Å². The number of carbonyl (C=O) groups is 1. The summed E-state index contributed by atoms with van der Waals surface area (Å²) in [6.45, 7) is 0.208. The van der Waals surface area contributed by atoms with Crippen molar-refractivity contribution in [1.82, 2.24) is 0 Å². The number of hydrogen-bond acceptors (Lipinski definition) is 3. The van der Waals surface area contributed by atoms with Crippen LogP contribution in [0.25, 0.3) is 0 Å². The standard InChI is InChI=1S/C15H12BrNO3/c16-10-5-7-11(8-6-10)17-15(18)14-9-19-12-3-1-2-4-13(12)20-14/h1-8,14H,9H2,(H,17,18)/t14-/m0/s1. The molecule has 1 aliphatic rings. The second-order valence-electron chi connectivity index (χ2n) is 4.36. The third-order valence-electron chi connectivity index (χ3n) is 2.91. The summed E-state index contributed by atoms with van der Waals surface area (Å²) in [4.78, 5) is 12.1. The van der Waals surface area contributed by atoms with Crippen LogP contribution < -0.4 is 14.8 Å². The highest BCUT2D eigenvalue weighted by Gasteiger charge is 2.27. The van der Waals surface area contributed by atoms with Crippen molar-refractivity contribution in [3.63, 3.8) is 0 Å². The van der Waals surface area contributed by atoms with Crippen molar-refractivity contribution in [2.45, 2.75) is 6.10 Å². The van der Waals surface area contributed by atoms with Gasteiger partial charge in [-0.15, -0.1) is 0 Å². The molecule has 5 heteroatoms. The molecular formula is C15H12BrNO3. The Labute approximate surface area is 124 Å². The minimum atomic E-state index is -0.645. The van der Waals surface area contributed by atoms with Gasteiger partial charge in [0.2, 0.25) is 6.10 Å². The van der Waals surface area contributed by atoms with Gasteiger partial charge in [-0.05, 0) is 36.4 Å². The predicted molar refractivity (Wildman–Crippen MR) is 79.1 cm³/mol. The van der Waals surface area contributed by atoms with Crippen LogP contribution in [-0.4, -0.2) is 18.6 Å². The monoisotopic (exact) mass is 333 g/mol. The molecular weight excluding hydrogens is 322 g/mol. The molecule has 1 heterocycles. The lowest BCUT2D eigenvalue weighted by Gasteiger charge is -2.25.